The standard InChI is InChI=1S/C13H14FN3O6S/c14-11-8-4-7(15-13(20)21)2-1-6(8)3-9(18)12(11)17-5-10(19)16-24(17,22)23/h3,7,15,18H,1-2,4-5H2,(H,16,19)(H,20,21)/t7-/m1/s1. The molecule has 2 aliphatic rings. The third kappa shape index (κ3) is 2.70. The van der Waals surface area contributed by atoms with Gasteiger partial charge in [-0.15, -0.1) is 0 Å². The molecule has 11 heteroatoms. The highest BCUT2D eigenvalue weighted by Gasteiger charge is 2.39. The van der Waals surface area contributed by atoms with Gasteiger partial charge in [-0.05, 0) is 36.5 Å². The maximum absolute atomic E-state index is 14.9. The fourth-order valence-electron chi connectivity index (χ4n) is 3.02. The summed E-state index contributed by atoms with van der Waals surface area (Å²) in [5.41, 5.74) is -0.00140. The van der Waals surface area contributed by atoms with Crippen LogP contribution < -0.4 is 14.3 Å². The number of nitrogens with one attached hydrogen (secondary N) is 2. The predicted molar refractivity (Wildman–Crippen MR) is 79.4 cm³/mol. The van der Waals surface area contributed by atoms with Gasteiger partial charge in [-0.1, -0.05) is 0 Å². The van der Waals surface area contributed by atoms with Crippen LogP contribution in [0.2, 0.25) is 0 Å². The molecular weight excluding hydrogens is 345 g/mol. The molecule has 1 saturated heterocycles. The molecule has 0 bridgehead atoms. The topological polar surface area (TPSA) is 136 Å². The van der Waals surface area contributed by atoms with Crippen molar-refractivity contribution < 1.29 is 32.6 Å². The molecule has 2 amide bonds. The van der Waals surface area contributed by atoms with Crippen LogP contribution >= 0.6 is 0 Å². The highest BCUT2D eigenvalue weighted by atomic mass is 32.2. The van der Waals surface area contributed by atoms with E-state index in [0.717, 1.165) is 0 Å². The van der Waals surface area contributed by atoms with Crippen LogP contribution in [0.3, 0.4) is 0 Å². The second-order valence-corrected chi connectivity index (χ2v) is 7.22. The average Bonchev–Trinajstić information content (AvgIpc) is 2.72. The first-order valence-corrected chi connectivity index (χ1v) is 8.49. The van der Waals surface area contributed by atoms with Crippen molar-refractivity contribution in [1.82, 2.24) is 10.0 Å². The number of carbonyl (C=O) groups excluding carboxylic acids is 1. The summed E-state index contributed by atoms with van der Waals surface area (Å²) in [5, 5.41) is 21.1. The summed E-state index contributed by atoms with van der Waals surface area (Å²) >= 11 is 0. The van der Waals surface area contributed by atoms with Crippen molar-refractivity contribution in [3.05, 3.63) is 23.0 Å². The Labute approximate surface area is 136 Å². The maximum atomic E-state index is 14.9. The van der Waals surface area contributed by atoms with Crippen molar-refractivity contribution in [2.45, 2.75) is 25.3 Å². The number of aromatic hydroxyl groups is 1. The van der Waals surface area contributed by atoms with Gasteiger partial charge >= 0.3 is 16.3 Å². The fourth-order valence-corrected chi connectivity index (χ4v) is 4.18. The third-order valence-corrected chi connectivity index (χ3v) is 5.40. The Kier molecular flexibility index (Phi) is 3.74. The van der Waals surface area contributed by atoms with Gasteiger partial charge < -0.3 is 15.5 Å². The molecule has 24 heavy (non-hydrogen) atoms. The molecule has 0 unspecified atom stereocenters. The molecule has 1 fully saturated rings. The summed E-state index contributed by atoms with van der Waals surface area (Å²) in [4.78, 5) is 22.1. The minimum atomic E-state index is -4.27. The van der Waals surface area contributed by atoms with Crippen LogP contribution in [0, 0.1) is 5.82 Å². The lowest BCUT2D eigenvalue weighted by Crippen LogP contribution is -2.38. The quantitative estimate of drug-likeness (QED) is 0.579. The molecular formula is C13H14FN3O6S. The van der Waals surface area contributed by atoms with Crippen LogP contribution in [0.4, 0.5) is 14.9 Å². The van der Waals surface area contributed by atoms with Crippen molar-refractivity contribution in [3.63, 3.8) is 0 Å². The van der Waals surface area contributed by atoms with Crippen molar-refractivity contribution in [2.75, 3.05) is 10.8 Å². The Morgan fingerprint density at radius 3 is 2.75 bits per heavy atom. The number of nitrogens with zero attached hydrogens (tertiary/aromatic N) is 1. The van der Waals surface area contributed by atoms with Crippen LogP contribution in [-0.4, -0.2) is 43.2 Å². The number of benzene rings is 1. The molecule has 1 aliphatic heterocycles. The average molecular weight is 359 g/mol. The zero-order valence-corrected chi connectivity index (χ0v) is 13.1. The number of anilines is 1. The summed E-state index contributed by atoms with van der Waals surface area (Å²) < 4.78 is 40.8. The number of rotatable bonds is 2. The number of hydrogen-bond donors (Lipinski definition) is 4. The van der Waals surface area contributed by atoms with Crippen LogP contribution in [0.25, 0.3) is 0 Å². The molecule has 130 valence electrons. The highest BCUT2D eigenvalue weighted by molar-refractivity contribution is 7.92. The van der Waals surface area contributed by atoms with Crippen LogP contribution in [0.15, 0.2) is 6.07 Å². The Bertz CT molecular complexity index is 841. The van der Waals surface area contributed by atoms with Crippen molar-refractivity contribution >= 4 is 27.9 Å². The van der Waals surface area contributed by atoms with Crippen molar-refractivity contribution in [3.8, 4) is 5.75 Å². The van der Waals surface area contributed by atoms with Gasteiger partial charge in [0, 0.05) is 6.04 Å². The van der Waals surface area contributed by atoms with E-state index in [-0.39, 0.29) is 12.0 Å². The largest absolute Gasteiger partial charge is 0.506 e. The van der Waals surface area contributed by atoms with E-state index in [1.165, 1.54) is 6.07 Å². The molecule has 1 atom stereocenters. The van der Waals surface area contributed by atoms with E-state index in [1.807, 2.05) is 0 Å². The van der Waals surface area contributed by atoms with Gasteiger partial charge in [0.15, 0.2) is 5.82 Å². The predicted octanol–water partition coefficient (Wildman–Crippen LogP) is -0.163. The Hall–Kier alpha value is -2.56. The Morgan fingerprint density at radius 1 is 1.46 bits per heavy atom. The SMILES string of the molecule is O=C(O)N[C@@H]1CCc2cc(O)c(N3CC(=O)NS3(=O)=O)c(F)c2C1. The monoisotopic (exact) mass is 359 g/mol. The number of carbonyl (C=O) groups is 2. The normalized spacial score (nSPS) is 22.0. The van der Waals surface area contributed by atoms with Crippen molar-refractivity contribution in [1.29, 1.82) is 0 Å². The first-order chi connectivity index (χ1) is 11.2. The first-order valence-electron chi connectivity index (χ1n) is 7.05. The van der Waals surface area contributed by atoms with Gasteiger partial charge in [-0.25, -0.2) is 18.2 Å². The Balaban J connectivity index is 2.04. The number of phenolic OH excluding ortho intramolecular Hbond substituents is 1. The minimum Gasteiger partial charge on any atom is -0.506 e. The van der Waals surface area contributed by atoms with E-state index >= 15 is 0 Å². The van der Waals surface area contributed by atoms with Crippen molar-refractivity contribution in [2.24, 2.45) is 0 Å². The molecule has 1 aromatic carbocycles. The second-order valence-electron chi connectivity index (χ2n) is 5.62. The molecule has 9 nitrogen and oxygen atoms in total. The lowest BCUT2D eigenvalue weighted by atomic mass is 9.87. The van der Waals surface area contributed by atoms with E-state index in [2.05, 4.69) is 5.32 Å². The lowest BCUT2D eigenvalue weighted by Gasteiger charge is -2.27. The number of hydrogen-bond acceptors (Lipinski definition) is 5. The molecule has 0 spiro atoms. The number of phenols is 1. The molecule has 3 rings (SSSR count). The highest BCUT2D eigenvalue weighted by Crippen LogP contribution is 2.39. The zero-order chi connectivity index (χ0) is 17.6. The van der Waals surface area contributed by atoms with Gasteiger partial charge in [0.1, 0.15) is 18.0 Å². The molecule has 0 aromatic heterocycles. The van der Waals surface area contributed by atoms with E-state index in [9.17, 15) is 27.5 Å². The zero-order valence-electron chi connectivity index (χ0n) is 12.2. The number of aryl methyl sites for hydroxylation is 1. The number of amides is 2. The molecule has 0 saturated carbocycles. The molecule has 1 heterocycles. The second kappa shape index (κ2) is 5.51. The molecule has 0 radical (unpaired) electrons. The van der Waals surface area contributed by atoms with Gasteiger partial charge in [0.05, 0.1) is 0 Å². The van der Waals surface area contributed by atoms with Crippen LogP contribution in [-0.2, 0) is 27.8 Å². The van der Waals surface area contributed by atoms with E-state index in [1.54, 1.807) is 4.72 Å². The fraction of sp³-hybridized carbons (Fsp3) is 0.385. The van der Waals surface area contributed by atoms with E-state index < -0.39 is 52.1 Å². The minimum absolute atomic E-state index is 0.0238. The molecule has 4 N–H and O–H groups in total. The summed E-state index contributed by atoms with van der Waals surface area (Å²) in [6.45, 7) is -0.637. The maximum Gasteiger partial charge on any atom is 0.404 e. The van der Waals surface area contributed by atoms with Gasteiger partial charge in [0.25, 0.3) is 5.91 Å². The smallest absolute Gasteiger partial charge is 0.404 e. The first kappa shape index (κ1) is 16.3. The summed E-state index contributed by atoms with van der Waals surface area (Å²) in [6, 6.07) is 0.736. The number of fused-ring (bicyclic) bond motifs is 1. The van der Waals surface area contributed by atoms with E-state index in [4.69, 9.17) is 5.11 Å². The van der Waals surface area contributed by atoms with Gasteiger partial charge in [-0.3, -0.25) is 4.79 Å². The van der Waals surface area contributed by atoms with Crippen LogP contribution in [0.1, 0.15) is 17.5 Å². The van der Waals surface area contributed by atoms with Gasteiger partial charge in [0.2, 0.25) is 0 Å². The summed E-state index contributed by atoms with van der Waals surface area (Å²) in [5.74, 6) is -2.39. The summed E-state index contributed by atoms with van der Waals surface area (Å²) in [6.07, 6.45) is -0.454. The third-order valence-electron chi connectivity index (χ3n) is 4.02. The number of halogens is 1. The van der Waals surface area contributed by atoms with Gasteiger partial charge in [-0.2, -0.15) is 8.42 Å². The lowest BCUT2D eigenvalue weighted by molar-refractivity contribution is -0.117. The Morgan fingerprint density at radius 2 is 2.17 bits per heavy atom. The molecule has 1 aliphatic carbocycles. The molecule has 1 aromatic rings. The van der Waals surface area contributed by atoms with E-state index in [0.29, 0.717) is 22.7 Å². The summed E-state index contributed by atoms with van der Waals surface area (Å²) in [7, 11) is -4.27. The van der Waals surface area contributed by atoms with Crippen LogP contribution in [0.5, 0.6) is 5.75 Å². The number of carboxylic acid groups (broad SMARTS) is 1.